The SMILES string of the molecule is O=C(/C=C/c1cccc([N+](=O)[O-])c1)c1ccc2ccccc2c1O. The number of hydrogen-bond donors (Lipinski definition) is 1. The molecule has 0 aliphatic carbocycles. The van der Waals surface area contributed by atoms with Crippen LogP contribution >= 0.6 is 0 Å². The van der Waals surface area contributed by atoms with Gasteiger partial charge in [0, 0.05) is 17.5 Å². The van der Waals surface area contributed by atoms with E-state index in [9.17, 15) is 20.0 Å². The summed E-state index contributed by atoms with van der Waals surface area (Å²) in [6, 6.07) is 16.5. The zero-order valence-electron chi connectivity index (χ0n) is 12.5. The highest BCUT2D eigenvalue weighted by atomic mass is 16.6. The van der Waals surface area contributed by atoms with Gasteiger partial charge < -0.3 is 5.11 Å². The number of nitrogens with zero attached hydrogens (tertiary/aromatic N) is 1. The zero-order chi connectivity index (χ0) is 17.1. The molecule has 0 atom stereocenters. The summed E-state index contributed by atoms with van der Waals surface area (Å²) in [4.78, 5) is 22.6. The standard InChI is InChI=1S/C19H13NO4/c21-18(11-8-13-4-3-6-15(12-13)20(23)24)17-10-9-14-5-1-2-7-16(14)19(17)22/h1-12,22H/b11-8+. The van der Waals surface area contributed by atoms with Gasteiger partial charge in [-0.25, -0.2) is 0 Å². The first-order chi connectivity index (χ1) is 11.6. The Bertz CT molecular complexity index is 976. The highest BCUT2D eigenvalue weighted by Gasteiger charge is 2.11. The monoisotopic (exact) mass is 319 g/mol. The predicted molar refractivity (Wildman–Crippen MR) is 92.1 cm³/mol. The number of allylic oxidation sites excluding steroid dienone is 1. The summed E-state index contributed by atoms with van der Waals surface area (Å²) in [5.41, 5.74) is 0.686. The lowest BCUT2D eigenvalue weighted by Crippen LogP contribution is -1.95. The van der Waals surface area contributed by atoms with Crippen molar-refractivity contribution >= 4 is 28.3 Å². The second-order valence-electron chi connectivity index (χ2n) is 5.23. The maximum absolute atomic E-state index is 12.3. The molecule has 118 valence electrons. The number of rotatable bonds is 4. The smallest absolute Gasteiger partial charge is 0.270 e. The predicted octanol–water partition coefficient (Wildman–Crippen LogP) is 4.35. The number of carbonyl (C=O) groups excluding carboxylic acids is 1. The van der Waals surface area contributed by atoms with Crippen molar-refractivity contribution in [3.05, 3.63) is 88.0 Å². The van der Waals surface area contributed by atoms with Crippen LogP contribution in [0.1, 0.15) is 15.9 Å². The van der Waals surface area contributed by atoms with Gasteiger partial charge in [0.05, 0.1) is 10.5 Å². The van der Waals surface area contributed by atoms with Crippen molar-refractivity contribution in [2.45, 2.75) is 0 Å². The molecule has 0 radical (unpaired) electrons. The molecule has 3 rings (SSSR count). The first-order valence-corrected chi connectivity index (χ1v) is 7.24. The molecule has 3 aromatic rings. The number of aromatic hydroxyl groups is 1. The second-order valence-corrected chi connectivity index (χ2v) is 5.23. The Morgan fingerprint density at radius 2 is 1.83 bits per heavy atom. The van der Waals surface area contributed by atoms with E-state index in [-0.39, 0.29) is 22.8 Å². The van der Waals surface area contributed by atoms with Crippen LogP contribution in [-0.4, -0.2) is 15.8 Å². The summed E-state index contributed by atoms with van der Waals surface area (Å²) in [6.07, 6.45) is 2.78. The van der Waals surface area contributed by atoms with Crippen LogP contribution in [-0.2, 0) is 0 Å². The summed E-state index contributed by atoms with van der Waals surface area (Å²) in [6.45, 7) is 0. The largest absolute Gasteiger partial charge is 0.507 e. The molecule has 0 heterocycles. The van der Waals surface area contributed by atoms with Crippen molar-refractivity contribution in [1.82, 2.24) is 0 Å². The molecule has 5 heteroatoms. The lowest BCUT2D eigenvalue weighted by Gasteiger charge is -2.05. The average Bonchev–Trinajstić information content (AvgIpc) is 2.60. The molecule has 0 unspecified atom stereocenters. The molecular formula is C19H13NO4. The summed E-state index contributed by atoms with van der Waals surface area (Å²) in [5.74, 6) is -0.438. The average molecular weight is 319 g/mol. The number of benzene rings is 3. The normalized spacial score (nSPS) is 11.0. The Hall–Kier alpha value is -3.47. The van der Waals surface area contributed by atoms with Gasteiger partial charge in [-0.2, -0.15) is 0 Å². The molecule has 0 aliphatic rings. The van der Waals surface area contributed by atoms with Crippen molar-refractivity contribution in [2.75, 3.05) is 0 Å². The lowest BCUT2D eigenvalue weighted by molar-refractivity contribution is -0.384. The highest BCUT2D eigenvalue weighted by Crippen LogP contribution is 2.29. The molecule has 0 aliphatic heterocycles. The molecule has 0 aromatic heterocycles. The van der Waals surface area contributed by atoms with Crippen molar-refractivity contribution in [1.29, 1.82) is 0 Å². The van der Waals surface area contributed by atoms with Gasteiger partial charge in [0.25, 0.3) is 5.69 Å². The van der Waals surface area contributed by atoms with Crippen LogP contribution in [0.2, 0.25) is 0 Å². The Labute approximate surface area is 137 Å². The van der Waals surface area contributed by atoms with E-state index in [0.717, 1.165) is 5.39 Å². The Balaban J connectivity index is 1.91. The zero-order valence-corrected chi connectivity index (χ0v) is 12.5. The van der Waals surface area contributed by atoms with Gasteiger partial charge >= 0.3 is 0 Å². The van der Waals surface area contributed by atoms with Crippen LogP contribution in [0.15, 0.2) is 66.7 Å². The summed E-state index contributed by atoms with van der Waals surface area (Å²) in [5, 5.41) is 22.5. The molecule has 0 saturated heterocycles. The third-order valence-corrected chi connectivity index (χ3v) is 3.67. The number of non-ortho nitro benzene ring substituents is 1. The van der Waals surface area contributed by atoms with Crippen LogP contribution in [0.4, 0.5) is 5.69 Å². The summed E-state index contributed by atoms with van der Waals surface area (Å²) < 4.78 is 0. The van der Waals surface area contributed by atoms with E-state index in [0.29, 0.717) is 10.9 Å². The Morgan fingerprint density at radius 1 is 1.04 bits per heavy atom. The van der Waals surface area contributed by atoms with Gasteiger partial charge in [-0.3, -0.25) is 14.9 Å². The second kappa shape index (κ2) is 6.34. The van der Waals surface area contributed by atoms with E-state index in [4.69, 9.17) is 0 Å². The molecule has 0 saturated carbocycles. The van der Waals surface area contributed by atoms with E-state index < -0.39 is 4.92 Å². The fraction of sp³-hybridized carbons (Fsp3) is 0. The lowest BCUT2D eigenvalue weighted by atomic mass is 10.0. The molecule has 0 spiro atoms. The fourth-order valence-corrected chi connectivity index (χ4v) is 2.46. The topological polar surface area (TPSA) is 80.4 Å². The van der Waals surface area contributed by atoms with Gasteiger partial charge in [-0.15, -0.1) is 0 Å². The molecule has 0 amide bonds. The van der Waals surface area contributed by atoms with Gasteiger partial charge in [-0.1, -0.05) is 48.5 Å². The quantitative estimate of drug-likeness (QED) is 0.335. The van der Waals surface area contributed by atoms with E-state index in [1.54, 1.807) is 36.4 Å². The van der Waals surface area contributed by atoms with Gasteiger partial charge in [0.15, 0.2) is 5.78 Å². The van der Waals surface area contributed by atoms with Crippen molar-refractivity contribution in [3.63, 3.8) is 0 Å². The van der Waals surface area contributed by atoms with Gasteiger partial charge in [-0.05, 0) is 23.1 Å². The van der Waals surface area contributed by atoms with Crippen LogP contribution in [0.5, 0.6) is 5.75 Å². The maximum Gasteiger partial charge on any atom is 0.270 e. The summed E-state index contributed by atoms with van der Waals surface area (Å²) >= 11 is 0. The molecule has 0 fully saturated rings. The van der Waals surface area contributed by atoms with E-state index in [1.165, 1.54) is 24.3 Å². The van der Waals surface area contributed by atoms with E-state index in [2.05, 4.69) is 0 Å². The molecule has 5 nitrogen and oxygen atoms in total. The minimum atomic E-state index is -0.492. The van der Waals surface area contributed by atoms with Gasteiger partial charge in [0.2, 0.25) is 0 Å². The van der Waals surface area contributed by atoms with E-state index in [1.807, 2.05) is 12.1 Å². The summed E-state index contributed by atoms with van der Waals surface area (Å²) in [7, 11) is 0. The highest BCUT2D eigenvalue weighted by molar-refractivity contribution is 6.11. The fourth-order valence-electron chi connectivity index (χ4n) is 2.46. The van der Waals surface area contributed by atoms with Gasteiger partial charge in [0.1, 0.15) is 5.75 Å². The number of carbonyl (C=O) groups is 1. The number of hydrogen-bond acceptors (Lipinski definition) is 4. The number of nitro benzene ring substituents is 1. The molecule has 1 N–H and O–H groups in total. The number of nitro groups is 1. The number of fused-ring (bicyclic) bond motifs is 1. The van der Waals surface area contributed by atoms with Crippen molar-refractivity contribution < 1.29 is 14.8 Å². The number of phenolic OH excluding ortho intramolecular Hbond substituents is 1. The minimum Gasteiger partial charge on any atom is -0.507 e. The van der Waals surface area contributed by atoms with Crippen LogP contribution in [0, 0.1) is 10.1 Å². The Morgan fingerprint density at radius 3 is 2.62 bits per heavy atom. The van der Waals surface area contributed by atoms with Crippen LogP contribution in [0.25, 0.3) is 16.8 Å². The minimum absolute atomic E-state index is 0.0434. The van der Waals surface area contributed by atoms with Crippen LogP contribution in [0.3, 0.4) is 0 Å². The third-order valence-electron chi connectivity index (χ3n) is 3.67. The molecule has 24 heavy (non-hydrogen) atoms. The third kappa shape index (κ3) is 3.01. The first kappa shape index (κ1) is 15.4. The van der Waals surface area contributed by atoms with Crippen molar-refractivity contribution in [3.8, 4) is 5.75 Å². The molecular weight excluding hydrogens is 306 g/mol. The van der Waals surface area contributed by atoms with Crippen molar-refractivity contribution in [2.24, 2.45) is 0 Å². The van der Waals surface area contributed by atoms with Crippen LogP contribution < -0.4 is 0 Å². The number of phenols is 1. The molecule has 3 aromatic carbocycles. The van der Waals surface area contributed by atoms with E-state index >= 15 is 0 Å². The Kier molecular flexibility index (Phi) is 4.07. The first-order valence-electron chi connectivity index (χ1n) is 7.24. The molecule has 0 bridgehead atoms. The maximum atomic E-state index is 12.3. The number of ketones is 1.